The molecule has 1 aliphatic heterocycles. The van der Waals surface area contributed by atoms with Crippen LogP contribution in [0, 0.1) is 13.8 Å². The van der Waals surface area contributed by atoms with Crippen LogP contribution in [0.2, 0.25) is 0 Å². The molecule has 10 nitrogen and oxygen atoms in total. The zero-order valence-electron chi connectivity index (χ0n) is 25.2. The van der Waals surface area contributed by atoms with Gasteiger partial charge in [0.25, 0.3) is 0 Å². The lowest BCUT2D eigenvalue weighted by atomic mass is 10.1. The van der Waals surface area contributed by atoms with Crippen LogP contribution in [0.5, 0.6) is 0 Å². The molecule has 0 fully saturated rings. The normalized spacial score (nSPS) is 13.4. The number of nitrogens with zero attached hydrogens (tertiary/aromatic N) is 6. The number of anilines is 2. The van der Waals surface area contributed by atoms with Gasteiger partial charge in [0, 0.05) is 42.8 Å². The van der Waals surface area contributed by atoms with Crippen molar-refractivity contribution in [3.8, 4) is 11.1 Å². The molecular formula is C33H42N8O2. The predicted molar refractivity (Wildman–Crippen MR) is 169 cm³/mol. The number of aryl methyl sites for hydroxylation is 4. The summed E-state index contributed by atoms with van der Waals surface area (Å²) in [5.74, 6) is 0.666. The molecule has 0 aliphatic carbocycles. The van der Waals surface area contributed by atoms with Crippen LogP contribution < -0.4 is 10.6 Å². The maximum atomic E-state index is 12.4. The van der Waals surface area contributed by atoms with Crippen molar-refractivity contribution in [3.05, 3.63) is 83.7 Å². The highest BCUT2D eigenvalue weighted by molar-refractivity contribution is 5.81. The molecule has 5 rings (SSSR count). The molecule has 1 aliphatic rings. The van der Waals surface area contributed by atoms with Gasteiger partial charge in [0.1, 0.15) is 24.0 Å². The van der Waals surface area contributed by atoms with Crippen molar-refractivity contribution in [2.45, 2.75) is 65.0 Å². The van der Waals surface area contributed by atoms with E-state index < -0.39 is 12.0 Å². The quantitative estimate of drug-likeness (QED) is 0.166. The summed E-state index contributed by atoms with van der Waals surface area (Å²) in [5, 5.41) is 21.4. The Bertz CT molecular complexity index is 1490. The highest BCUT2D eigenvalue weighted by Gasteiger charge is 2.21. The molecule has 4 heterocycles. The number of hydrogen-bond donors (Lipinski definition) is 3. The number of rotatable bonds is 15. The first kappa shape index (κ1) is 30.2. The number of benzene rings is 1. The molecule has 0 bridgehead atoms. The van der Waals surface area contributed by atoms with Crippen molar-refractivity contribution in [3.63, 3.8) is 0 Å². The molecule has 3 N–H and O–H groups in total. The zero-order chi connectivity index (χ0) is 30.0. The Morgan fingerprint density at radius 3 is 2.77 bits per heavy atom. The highest BCUT2D eigenvalue weighted by Crippen LogP contribution is 2.26. The fraction of sp³-hybridized carbons (Fsp3) is 0.424. The third kappa shape index (κ3) is 8.38. The summed E-state index contributed by atoms with van der Waals surface area (Å²) in [6.45, 7) is 8.12. The van der Waals surface area contributed by atoms with Crippen LogP contribution in [0.15, 0.2) is 61.1 Å². The summed E-state index contributed by atoms with van der Waals surface area (Å²) in [5.41, 5.74) is 6.28. The highest BCUT2D eigenvalue weighted by atomic mass is 16.4. The van der Waals surface area contributed by atoms with Gasteiger partial charge < -0.3 is 20.6 Å². The minimum Gasteiger partial charge on any atom is -0.480 e. The Morgan fingerprint density at radius 1 is 1.12 bits per heavy atom. The summed E-state index contributed by atoms with van der Waals surface area (Å²) in [4.78, 5) is 28.1. The van der Waals surface area contributed by atoms with Crippen molar-refractivity contribution in [2.75, 3.05) is 36.8 Å². The summed E-state index contributed by atoms with van der Waals surface area (Å²) < 4.78 is 2.03. The van der Waals surface area contributed by atoms with Crippen LogP contribution in [-0.4, -0.2) is 72.9 Å². The predicted octanol–water partition coefficient (Wildman–Crippen LogP) is 4.99. The number of hydrogen-bond acceptors (Lipinski definition) is 8. The van der Waals surface area contributed by atoms with E-state index in [0.29, 0.717) is 18.8 Å². The summed E-state index contributed by atoms with van der Waals surface area (Å²) >= 11 is 0. The van der Waals surface area contributed by atoms with Crippen LogP contribution in [0.1, 0.15) is 48.3 Å². The molecule has 0 amide bonds. The van der Waals surface area contributed by atoms with Crippen molar-refractivity contribution >= 4 is 17.6 Å². The molecule has 4 aromatic rings. The fourth-order valence-corrected chi connectivity index (χ4v) is 5.63. The number of carbonyl (C=O) groups is 1. The van der Waals surface area contributed by atoms with Crippen LogP contribution in [0.25, 0.3) is 11.1 Å². The third-order valence-corrected chi connectivity index (χ3v) is 7.98. The number of unbranched alkanes of at least 4 members (excludes halogenated alkanes) is 1. The Morgan fingerprint density at radius 2 is 1.98 bits per heavy atom. The van der Waals surface area contributed by atoms with Gasteiger partial charge in [0.15, 0.2) is 0 Å². The maximum absolute atomic E-state index is 12.4. The molecule has 3 aromatic heterocycles. The molecule has 1 atom stereocenters. The molecule has 0 saturated carbocycles. The second kappa shape index (κ2) is 14.7. The molecule has 0 unspecified atom stereocenters. The lowest BCUT2D eigenvalue weighted by Gasteiger charge is -2.25. The summed E-state index contributed by atoms with van der Waals surface area (Å²) in [7, 11) is 0. The largest absolute Gasteiger partial charge is 0.480 e. The first-order valence-corrected chi connectivity index (χ1v) is 15.3. The van der Waals surface area contributed by atoms with E-state index in [2.05, 4.69) is 55.7 Å². The summed E-state index contributed by atoms with van der Waals surface area (Å²) in [6, 6.07) is 15.4. The van der Waals surface area contributed by atoms with E-state index in [9.17, 15) is 9.90 Å². The second-order valence-electron chi connectivity index (χ2n) is 11.3. The van der Waals surface area contributed by atoms with Crippen LogP contribution in [0.4, 0.5) is 11.6 Å². The number of carboxylic acid groups (broad SMARTS) is 1. The molecular weight excluding hydrogens is 540 g/mol. The smallest absolute Gasteiger partial charge is 0.326 e. The number of nitrogens with one attached hydrogen (secondary N) is 2. The first-order valence-electron chi connectivity index (χ1n) is 15.3. The van der Waals surface area contributed by atoms with Gasteiger partial charge >= 0.3 is 5.97 Å². The van der Waals surface area contributed by atoms with Gasteiger partial charge in [-0.15, -0.1) is 0 Å². The number of carboxylic acids is 1. The third-order valence-electron chi connectivity index (χ3n) is 7.98. The van der Waals surface area contributed by atoms with Crippen molar-refractivity contribution in [2.24, 2.45) is 0 Å². The SMILES string of the molecule is Cc1cc(C)n(CCN(CCCCc2ccc3c(n2)NCCC3)CC[C@H](Nc2ncncc2-c2ccccc2)C(=O)O)n1. The Hall–Kier alpha value is -4.31. The Balaban J connectivity index is 1.21. The van der Waals surface area contributed by atoms with Crippen LogP contribution in [0.3, 0.4) is 0 Å². The van der Waals surface area contributed by atoms with Gasteiger partial charge in [-0.25, -0.2) is 19.7 Å². The fourth-order valence-electron chi connectivity index (χ4n) is 5.63. The van der Waals surface area contributed by atoms with Gasteiger partial charge in [-0.1, -0.05) is 36.4 Å². The number of aromatic nitrogens is 5. The van der Waals surface area contributed by atoms with E-state index in [1.807, 2.05) is 41.9 Å². The Kier molecular flexibility index (Phi) is 10.3. The minimum atomic E-state index is -0.900. The number of pyridine rings is 1. The first-order chi connectivity index (χ1) is 21.0. The monoisotopic (exact) mass is 582 g/mol. The molecule has 0 radical (unpaired) electrons. The van der Waals surface area contributed by atoms with E-state index in [-0.39, 0.29) is 0 Å². The van der Waals surface area contributed by atoms with E-state index in [0.717, 1.165) is 92.3 Å². The summed E-state index contributed by atoms with van der Waals surface area (Å²) in [6.07, 6.45) is 8.80. The second-order valence-corrected chi connectivity index (χ2v) is 11.3. The van der Waals surface area contributed by atoms with E-state index in [1.54, 1.807) is 6.20 Å². The molecule has 10 heteroatoms. The van der Waals surface area contributed by atoms with Gasteiger partial charge in [-0.05, 0) is 82.2 Å². The van der Waals surface area contributed by atoms with Crippen molar-refractivity contribution in [1.29, 1.82) is 0 Å². The molecule has 1 aromatic carbocycles. The van der Waals surface area contributed by atoms with Gasteiger partial charge in [-0.3, -0.25) is 4.68 Å². The maximum Gasteiger partial charge on any atom is 0.326 e. The van der Waals surface area contributed by atoms with E-state index in [4.69, 9.17) is 4.98 Å². The lowest BCUT2D eigenvalue weighted by Crippen LogP contribution is -2.37. The molecule has 43 heavy (non-hydrogen) atoms. The minimum absolute atomic E-state index is 0.433. The van der Waals surface area contributed by atoms with E-state index in [1.165, 1.54) is 11.9 Å². The van der Waals surface area contributed by atoms with Crippen molar-refractivity contribution in [1.82, 2.24) is 29.6 Å². The number of fused-ring (bicyclic) bond motifs is 1. The van der Waals surface area contributed by atoms with Gasteiger partial charge in [0.2, 0.25) is 0 Å². The van der Waals surface area contributed by atoms with Crippen LogP contribution in [-0.2, 0) is 24.2 Å². The van der Waals surface area contributed by atoms with Crippen molar-refractivity contribution < 1.29 is 9.90 Å². The van der Waals surface area contributed by atoms with E-state index >= 15 is 0 Å². The topological polar surface area (TPSA) is 121 Å². The lowest BCUT2D eigenvalue weighted by molar-refractivity contribution is -0.138. The Labute approximate surface area is 253 Å². The molecule has 226 valence electrons. The van der Waals surface area contributed by atoms with Crippen LogP contribution >= 0.6 is 0 Å². The molecule has 0 spiro atoms. The average Bonchev–Trinajstić information content (AvgIpc) is 3.36. The number of aliphatic carboxylic acids is 1. The average molecular weight is 583 g/mol. The van der Waals surface area contributed by atoms with Gasteiger partial charge in [0.05, 0.1) is 12.2 Å². The standard InChI is InChI=1S/C33H42N8O2/c1-24-21-25(2)41(39-24)20-19-40(17-7-6-12-28-14-13-27-11-8-16-35-31(27)37-28)18-15-30(33(42)43)38-32-29(22-34-23-36-32)26-9-4-3-5-10-26/h3-5,9-10,13-14,21-23,30H,6-8,11-12,15-20H2,1-2H3,(H,35,37)(H,42,43)(H,34,36,38)/t30-/m0/s1. The van der Waals surface area contributed by atoms with Gasteiger partial charge in [-0.2, -0.15) is 5.10 Å². The molecule has 0 saturated heterocycles. The zero-order valence-corrected chi connectivity index (χ0v) is 25.2.